The van der Waals surface area contributed by atoms with Gasteiger partial charge in [0.25, 0.3) is 0 Å². The lowest BCUT2D eigenvalue weighted by atomic mass is 9.97. The Balaban J connectivity index is 1.86. The molecule has 0 N–H and O–H groups in total. The number of halogens is 2. The molecule has 5 nitrogen and oxygen atoms in total. The van der Waals surface area contributed by atoms with Gasteiger partial charge in [-0.2, -0.15) is 5.10 Å². The number of hydrogen-bond donors (Lipinski definition) is 0. The zero-order valence-electron chi connectivity index (χ0n) is 11.2. The van der Waals surface area contributed by atoms with Crippen molar-refractivity contribution >= 4 is 22.0 Å². The number of hydrogen-bond acceptors (Lipinski definition) is 3. The molecule has 1 fully saturated rings. The van der Waals surface area contributed by atoms with E-state index in [4.69, 9.17) is 4.74 Å². The van der Waals surface area contributed by atoms with E-state index in [9.17, 15) is 9.18 Å². The van der Waals surface area contributed by atoms with Gasteiger partial charge in [0.1, 0.15) is 5.60 Å². The van der Waals surface area contributed by atoms with Crippen LogP contribution in [0.3, 0.4) is 0 Å². The summed E-state index contributed by atoms with van der Waals surface area (Å²) >= 11 is 3.26. The van der Waals surface area contributed by atoms with Crippen molar-refractivity contribution in [1.82, 2.24) is 14.7 Å². The summed E-state index contributed by atoms with van der Waals surface area (Å²) in [6.07, 6.45) is 2.84. The third-order valence-corrected chi connectivity index (χ3v) is 3.06. The first-order valence-corrected chi connectivity index (χ1v) is 6.81. The lowest BCUT2D eigenvalue weighted by Gasteiger charge is -2.44. The summed E-state index contributed by atoms with van der Waals surface area (Å²) in [5.41, 5.74) is -1.99. The van der Waals surface area contributed by atoms with Crippen LogP contribution < -0.4 is 0 Å². The van der Waals surface area contributed by atoms with Gasteiger partial charge in [0.2, 0.25) is 0 Å². The van der Waals surface area contributed by atoms with Crippen LogP contribution in [0.5, 0.6) is 0 Å². The highest BCUT2D eigenvalue weighted by molar-refractivity contribution is 9.10. The van der Waals surface area contributed by atoms with Crippen LogP contribution in [-0.2, 0) is 11.3 Å². The van der Waals surface area contributed by atoms with E-state index in [1.54, 1.807) is 33.2 Å². The summed E-state index contributed by atoms with van der Waals surface area (Å²) in [4.78, 5) is 13.1. The Kier molecular flexibility index (Phi) is 3.59. The number of nitrogens with zero attached hydrogens (tertiary/aromatic N) is 3. The van der Waals surface area contributed by atoms with Gasteiger partial charge in [0.15, 0.2) is 5.67 Å². The molecular formula is C12H17BrFN3O2. The van der Waals surface area contributed by atoms with Gasteiger partial charge in [0.05, 0.1) is 30.3 Å². The van der Waals surface area contributed by atoms with Crippen LogP contribution in [0.2, 0.25) is 0 Å². The lowest BCUT2D eigenvalue weighted by molar-refractivity contribution is -0.0592. The zero-order valence-corrected chi connectivity index (χ0v) is 12.8. The highest BCUT2D eigenvalue weighted by Gasteiger charge is 2.47. The molecule has 0 bridgehead atoms. The van der Waals surface area contributed by atoms with Crippen LogP contribution in [-0.4, -0.2) is 45.1 Å². The van der Waals surface area contributed by atoms with Gasteiger partial charge in [-0.3, -0.25) is 4.68 Å². The van der Waals surface area contributed by atoms with Crippen molar-refractivity contribution in [2.45, 2.75) is 38.6 Å². The molecule has 19 heavy (non-hydrogen) atoms. The van der Waals surface area contributed by atoms with E-state index in [0.717, 1.165) is 4.47 Å². The topological polar surface area (TPSA) is 47.4 Å². The molecule has 0 radical (unpaired) electrons. The van der Waals surface area contributed by atoms with Crippen molar-refractivity contribution in [3.63, 3.8) is 0 Å². The second kappa shape index (κ2) is 4.77. The van der Waals surface area contributed by atoms with E-state index in [2.05, 4.69) is 21.0 Å². The normalized spacial score (nSPS) is 18.1. The number of aromatic nitrogens is 2. The number of carbonyl (C=O) groups excluding carboxylic acids is 1. The van der Waals surface area contributed by atoms with Crippen molar-refractivity contribution in [1.29, 1.82) is 0 Å². The average molecular weight is 334 g/mol. The van der Waals surface area contributed by atoms with E-state index in [1.807, 2.05) is 0 Å². The third-order valence-electron chi connectivity index (χ3n) is 2.65. The first-order valence-electron chi connectivity index (χ1n) is 6.02. The van der Waals surface area contributed by atoms with Gasteiger partial charge in [-0.05, 0) is 36.7 Å². The standard InChI is InChI=1S/C12H17BrFN3O2/c1-11(2,3)19-10(18)16-6-12(14,7-16)8-17-5-9(13)4-15-17/h4-5H,6-8H2,1-3H3. The number of rotatable bonds is 2. The molecular weight excluding hydrogens is 317 g/mol. The molecule has 2 rings (SSSR count). The molecule has 1 aromatic heterocycles. The van der Waals surface area contributed by atoms with E-state index in [-0.39, 0.29) is 19.6 Å². The maximum atomic E-state index is 14.3. The van der Waals surface area contributed by atoms with Gasteiger partial charge in [-0.15, -0.1) is 0 Å². The van der Waals surface area contributed by atoms with E-state index in [0.29, 0.717) is 0 Å². The summed E-state index contributed by atoms with van der Waals surface area (Å²) in [6, 6.07) is 0. The summed E-state index contributed by atoms with van der Waals surface area (Å²) in [5, 5.41) is 4.01. The number of amides is 1. The largest absolute Gasteiger partial charge is 0.444 e. The molecule has 0 saturated carbocycles. The molecule has 1 aromatic rings. The predicted molar refractivity (Wildman–Crippen MR) is 71.6 cm³/mol. The van der Waals surface area contributed by atoms with Crippen LogP contribution in [0.1, 0.15) is 20.8 Å². The molecule has 106 valence electrons. The molecule has 1 aliphatic rings. The van der Waals surface area contributed by atoms with Gasteiger partial charge in [-0.1, -0.05) is 0 Å². The molecule has 0 unspecified atom stereocenters. The number of alkyl halides is 1. The van der Waals surface area contributed by atoms with Crippen molar-refractivity contribution in [3.05, 3.63) is 16.9 Å². The minimum Gasteiger partial charge on any atom is -0.444 e. The quantitative estimate of drug-likeness (QED) is 0.835. The molecule has 7 heteroatoms. The number of likely N-dealkylation sites (tertiary alicyclic amines) is 1. The average Bonchev–Trinajstić information content (AvgIpc) is 2.57. The zero-order chi connectivity index (χ0) is 14.3. The summed E-state index contributed by atoms with van der Waals surface area (Å²) in [5.74, 6) is 0. The molecule has 0 aromatic carbocycles. The summed E-state index contributed by atoms with van der Waals surface area (Å²) in [6.45, 7) is 5.58. The van der Waals surface area contributed by atoms with Crippen LogP contribution in [0, 0.1) is 0 Å². The fraction of sp³-hybridized carbons (Fsp3) is 0.667. The second-order valence-corrected chi connectivity index (χ2v) is 6.76. The van der Waals surface area contributed by atoms with E-state index < -0.39 is 17.4 Å². The maximum absolute atomic E-state index is 14.3. The molecule has 1 saturated heterocycles. The summed E-state index contributed by atoms with van der Waals surface area (Å²) in [7, 11) is 0. The number of ether oxygens (including phenoxy) is 1. The summed E-state index contributed by atoms with van der Waals surface area (Å²) < 4.78 is 21.8. The van der Waals surface area contributed by atoms with Crippen molar-refractivity contribution < 1.29 is 13.9 Å². The Morgan fingerprint density at radius 1 is 1.58 bits per heavy atom. The van der Waals surface area contributed by atoms with Gasteiger partial charge in [0, 0.05) is 6.20 Å². The minimum absolute atomic E-state index is 0.0411. The molecule has 0 aliphatic carbocycles. The van der Waals surface area contributed by atoms with Crippen molar-refractivity contribution in [3.8, 4) is 0 Å². The Hall–Kier alpha value is -1.11. The number of carbonyl (C=O) groups is 1. The Bertz CT molecular complexity index is 478. The molecule has 0 spiro atoms. The SMILES string of the molecule is CC(C)(C)OC(=O)N1CC(F)(Cn2cc(Br)cn2)C1. The highest BCUT2D eigenvalue weighted by atomic mass is 79.9. The molecule has 0 atom stereocenters. The monoisotopic (exact) mass is 333 g/mol. The molecule has 1 aliphatic heterocycles. The van der Waals surface area contributed by atoms with Crippen LogP contribution in [0.25, 0.3) is 0 Å². The molecule has 1 amide bonds. The first-order chi connectivity index (χ1) is 8.67. The van der Waals surface area contributed by atoms with Gasteiger partial charge in [-0.25, -0.2) is 9.18 Å². The second-order valence-electron chi connectivity index (χ2n) is 5.84. The minimum atomic E-state index is -1.43. The predicted octanol–water partition coefficient (Wildman–Crippen LogP) is 2.60. The Morgan fingerprint density at radius 2 is 2.21 bits per heavy atom. The third kappa shape index (κ3) is 3.68. The van der Waals surface area contributed by atoms with Crippen molar-refractivity contribution in [2.24, 2.45) is 0 Å². The lowest BCUT2D eigenvalue weighted by Crippen LogP contribution is -2.63. The Labute approximate surface area is 119 Å². The fourth-order valence-corrected chi connectivity index (χ4v) is 2.24. The van der Waals surface area contributed by atoms with Crippen LogP contribution in [0.4, 0.5) is 9.18 Å². The smallest absolute Gasteiger partial charge is 0.410 e. The van der Waals surface area contributed by atoms with Crippen LogP contribution in [0.15, 0.2) is 16.9 Å². The Morgan fingerprint density at radius 3 is 2.68 bits per heavy atom. The van der Waals surface area contributed by atoms with E-state index in [1.165, 1.54) is 9.58 Å². The van der Waals surface area contributed by atoms with E-state index >= 15 is 0 Å². The molecule has 2 heterocycles. The van der Waals surface area contributed by atoms with Crippen molar-refractivity contribution in [2.75, 3.05) is 13.1 Å². The fourth-order valence-electron chi connectivity index (χ4n) is 1.91. The highest BCUT2D eigenvalue weighted by Crippen LogP contribution is 2.29. The van der Waals surface area contributed by atoms with Gasteiger partial charge >= 0.3 is 6.09 Å². The first kappa shape index (κ1) is 14.3. The maximum Gasteiger partial charge on any atom is 0.410 e. The van der Waals surface area contributed by atoms with Gasteiger partial charge < -0.3 is 9.64 Å². The van der Waals surface area contributed by atoms with Crippen LogP contribution >= 0.6 is 15.9 Å².